The van der Waals surface area contributed by atoms with Gasteiger partial charge in [-0.3, -0.25) is 19.2 Å². The van der Waals surface area contributed by atoms with Gasteiger partial charge in [-0.15, -0.1) is 0 Å². The molecule has 0 aliphatic carbocycles. The summed E-state index contributed by atoms with van der Waals surface area (Å²) < 4.78 is 20.0. The van der Waals surface area contributed by atoms with Crippen molar-refractivity contribution in [2.75, 3.05) is 6.61 Å². The lowest BCUT2D eigenvalue weighted by Crippen LogP contribution is -2.68. The summed E-state index contributed by atoms with van der Waals surface area (Å²) in [6.45, 7) is 3.49. The van der Waals surface area contributed by atoms with Crippen LogP contribution in [0.25, 0.3) is 0 Å². The Balaban J connectivity index is 3.43. The maximum atomic E-state index is 11.7. The number of aliphatic carboxylic acids is 1. The Morgan fingerprint density at radius 3 is 2.13 bits per heavy atom. The van der Waals surface area contributed by atoms with Crippen LogP contribution in [0.2, 0.25) is 0 Å². The van der Waals surface area contributed by atoms with Crippen LogP contribution in [0.4, 0.5) is 0 Å². The first-order valence-electron chi connectivity index (χ1n) is 8.83. The lowest BCUT2D eigenvalue weighted by molar-refractivity contribution is -0.297. The molecule has 0 bridgehead atoms. The molecule has 1 fully saturated rings. The van der Waals surface area contributed by atoms with Gasteiger partial charge in [-0.05, 0) is 0 Å². The highest BCUT2D eigenvalue weighted by Gasteiger charge is 2.56. The number of aliphatic hydroxyl groups is 2. The van der Waals surface area contributed by atoms with Crippen LogP contribution in [0.5, 0.6) is 0 Å². The lowest BCUT2D eigenvalue weighted by Gasteiger charge is -2.46. The van der Waals surface area contributed by atoms with Crippen molar-refractivity contribution in [1.82, 2.24) is 5.32 Å². The molecule has 1 aliphatic rings. The zero-order valence-electron chi connectivity index (χ0n) is 16.8. The minimum Gasteiger partial charge on any atom is -0.477 e. The fourth-order valence-electron chi connectivity index (χ4n) is 2.96. The van der Waals surface area contributed by atoms with Crippen LogP contribution in [0.15, 0.2) is 0 Å². The van der Waals surface area contributed by atoms with Crippen molar-refractivity contribution >= 4 is 29.8 Å². The Bertz CT molecular complexity index is 694. The number of carboxylic acid groups (broad SMARTS) is 1. The van der Waals surface area contributed by atoms with Gasteiger partial charge in [-0.1, -0.05) is 0 Å². The number of carboxylic acids is 1. The number of aliphatic hydroxyl groups excluding tert-OH is 1. The summed E-state index contributed by atoms with van der Waals surface area (Å²) in [5, 5.41) is 32.6. The number of hydrogen-bond acceptors (Lipinski definition) is 11. The standard InChI is InChI=1S/C17H25NO12/c1-7(19)18-13-12(28-9(3)21)5-17(26,16(24)25)30-15(13)14(29-10(4)22)11(23)6-27-8(2)20/h11-15,23,26H,5-6H2,1-4H3,(H,18,19)(H,24,25)/t11?,12-,13+,14?,15+,17?/m0/s1. The van der Waals surface area contributed by atoms with Crippen molar-refractivity contribution in [2.45, 2.75) is 70.4 Å². The fourth-order valence-corrected chi connectivity index (χ4v) is 2.96. The van der Waals surface area contributed by atoms with Crippen LogP contribution in [0.3, 0.4) is 0 Å². The summed E-state index contributed by atoms with van der Waals surface area (Å²) in [5.74, 6) is -7.95. The third-order valence-electron chi connectivity index (χ3n) is 4.05. The van der Waals surface area contributed by atoms with Crippen LogP contribution in [-0.2, 0) is 42.9 Å². The molecular weight excluding hydrogens is 410 g/mol. The van der Waals surface area contributed by atoms with Crippen LogP contribution in [-0.4, -0.2) is 88.0 Å². The first-order chi connectivity index (χ1) is 13.8. The number of rotatable bonds is 8. The molecule has 30 heavy (non-hydrogen) atoms. The average Bonchev–Trinajstić information content (AvgIpc) is 2.58. The summed E-state index contributed by atoms with van der Waals surface area (Å²) >= 11 is 0. The lowest BCUT2D eigenvalue weighted by atomic mass is 9.88. The summed E-state index contributed by atoms with van der Waals surface area (Å²) in [7, 11) is 0. The number of nitrogens with one attached hydrogen (secondary N) is 1. The van der Waals surface area contributed by atoms with Gasteiger partial charge >= 0.3 is 23.9 Å². The second-order valence-electron chi connectivity index (χ2n) is 6.69. The average molecular weight is 435 g/mol. The first-order valence-corrected chi connectivity index (χ1v) is 8.83. The zero-order valence-corrected chi connectivity index (χ0v) is 16.8. The zero-order chi connectivity index (χ0) is 23.2. The highest BCUT2D eigenvalue weighted by molar-refractivity contribution is 5.76. The molecule has 170 valence electrons. The quantitative estimate of drug-likeness (QED) is 0.238. The molecule has 13 heteroatoms. The molecule has 1 heterocycles. The summed E-state index contributed by atoms with van der Waals surface area (Å²) in [4.78, 5) is 57.4. The van der Waals surface area contributed by atoms with Crippen molar-refractivity contribution in [1.29, 1.82) is 0 Å². The van der Waals surface area contributed by atoms with Gasteiger partial charge in [-0.25, -0.2) is 4.79 Å². The maximum Gasteiger partial charge on any atom is 0.364 e. The van der Waals surface area contributed by atoms with Gasteiger partial charge in [0.05, 0.1) is 12.5 Å². The van der Waals surface area contributed by atoms with Crippen molar-refractivity contribution in [2.24, 2.45) is 0 Å². The highest BCUT2D eigenvalue weighted by atomic mass is 16.7. The van der Waals surface area contributed by atoms with Gasteiger partial charge in [0.15, 0.2) is 6.10 Å². The van der Waals surface area contributed by atoms with Gasteiger partial charge < -0.3 is 39.6 Å². The monoisotopic (exact) mass is 435 g/mol. The second kappa shape index (κ2) is 10.3. The van der Waals surface area contributed by atoms with E-state index in [9.17, 15) is 39.3 Å². The highest BCUT2D eigenvalue weighted by Crippen LogP contribution is 2.33. The number of esters is 3. The summed E-state index contributed by atoms with van der Waals surface area (Å²) in [5.41, 5.74) is 0. The van der Waals surface area contributed by atoms with Gasteiger partial charge in [0.2, 0.25) is 5.91 Å². The van der Waals surface area contributed by atoms with E-state index in [0.29, 0.717) is 0 Å². The number of carbonyl (C=O) groups excluding carboxylic acids is 4. The normalized spacial score (nSPS) is 27.9. The molecule has 0 spiro atoms. The third-order valence-corrected chi connectivity index (χ3v) is 4.05. The predicted molar refractivity (Wildman–Crippen MR) is 93.4 cm³/mol. The molecule has 0 saturated carbocycles. The molecule has 1 saturated heterocycles. The third kappa shape index (κ3) is 6.93. The number of carbonyl (C=O) groups is 5. The number of hydrogen-bond donors (Lipinski definition) is 4. The Labute approximate surface area is 171 Å². The Kier molecular flexibility index (Phi) is 8.69. The van der Waals surface area contributed by atoms with E-state index >= 15 is 0 Å². The minimum atomic E-state index is -2.90. The van der Waals surface area contributed by atoms with Gasteiger partial charge in [-0.2, -0.15) is 0 Å². The smallest absolute Gasteiger partial charge is 0.364 e. The fraction of sp³-hybridized carbons (Fsp3) is 0.706. The van der Waals surface area contributed by atoms with Gasteiger partial charge in [0.1, 0.15) is 24.9 Å². The van der Waals surface area contributed by atoms with Crippen molar-refractivity contribution in [3.8, 4) is 0 Å². The molecule has 0 aromatic rings. The van der Waals surface area contributed by atoms with Crippen molar-refractivity contribution in [3.05, 3.63) is 0 Å². The van der Waals surface area contributed by atoms with Crippen LogP contribution in [0, 0.1) is 0 Å². The maximum absolute atomic E-state index is 11.7. The summed E-state index contributed by atoms with van der Waals surface area (Å²) in [6.07, 6.45) is -7.36. The molecule has 0 aromatic carbocycles. The van der Waals surface area contributed by atoms with Gasteiger partial charge in [0.25, 0.3) is 5.79 Å². The molecule has 0 aromatic heterocycles. The largest absolute Gasteiger partial charge is 0.477 e. The molecule has 3 unspecified atom stereocenters. The Morgan fingerprint density at radius 1 is 1.10 bits per heavy atom. The molecule has 0 radical (unpaired) electrons. The van der Waals surface area contributed by atoms with E-state index in [2.05, 4.69) is 10.1 Å². The van der Waals surface area contributed by atoms with Crippen LogP contribution < -0.4 is 5.32 Å². The molecule has 1 aliphatic heterocycles. The van der Waals surface area contributed by atoms with E-state index in [-0.39, 0.29) is 0 Å². The van der Waals surface area contributed by atoms with E-state index in [4.69, 9.17) is 14.2 Å². The van der Waals surface area contributed by atoms with E-state index < -0.39 is 79.1 Å². The van der Waals surface area contributed by atoms with Crippen molar-refractivity contribution < 1.29 is 58.2 Å². The first kappa shape index (κ1) is 25.3. The molecule has 1 rings (SSSR count). The van der Waals surface area contributed by atoms with E-state index in [0.717, 1.165) is 27.7 Å². The van der Waals surface area contributed by atoms with Crippen LogP contribution in [0.1, 0.15) is 34.1 Å². The molecule has 4 N–H and O–H groups in total. The topological polar surface area (TPSA) is 195 Å². The summed E-state index contributed by atoms with van der Waals surface area (Å²) in [6, 6.07) is -1.33. The number of amides is 1. The van der Waals surface area contributed by atoms with Crippen molar-refractivity contribution in [3.63, 3.8) is 0 Å². The van der Waals surface area contributed by atoms with E-state index in [1.165, 1.54) is 0 Å². The number of ether oxygens (including phenoxy) is 4. The SMILES string of the molecule is CC(=O)N[C@@H]1[C@@H](OC(C)=O)CC(O)(C(=O)O)O[C@H]1C(OC(C)=O)C(O)COC(C)=O. The van der Waals surface area contributed by atoms with E-state index in [1.807, 2.05) is 0 Å². The molecule has 1 amide bonds. The van der Waals surface area contributed by atoms with Crippen LogP contribution >= 0.6 is 0 Å². The molecular formula is C17H25NO12. The second-order valence-corrected chi connectivity index (χ2v) is 6.69. The van der Waals surface area contributed by atoms with Gasteiger partial charge in [0, 0.05) is 27.7 Å². The molecule has 13 nitrogen and oxygen atoms in total. The minimum absolute atomic E-state index is 0.650. The molecule has 6 atom stereocenters. The van der Waals surface area contributed by atoms with E-state index in [1.54, 1.807) is 0 Å². The predicted octanol–water partition coefficient (Wildman–Crippen LogP) is -2.16. The Morgan fingerprint density at radius 2 is 1.70 bits per heavy atom. The Hall–Kier alpha value is -2.77.